The summed E-state index contributed by atoms with van der Waals surface area (Å²) >= 11 is 0. The van der Waals surface area contributed by atoms with Crippen LogP contribution in [0.1, 0.15) is 11.3 Å². The Morgan fingerprint density at radius 2 is 1.61 bits per heavy atom. The smallest absolute Gasteiger partial charge is 0.362 e. The van der Waals surface area contributed by atoms with E-state index in [4.69, 9.17) is 4.42 Å². The Hall–Kier alpha value is -4.52. The van der Waals surface area contributed by atoms with Gasteiger partial charge in [-0.3, -0.25) is 10.1 Å². The zero-order valence-corrected chi connectivity index (χ0v) is 16.0. The SMILES string of the molecule is O=c1oc2cc([N+](=O)[O-])ccc2nc1/C=C(\O)c1c2ccccc2cc2ccccc12. The fourth-order valence-corrected chi connectivity index (χ4v) is 3.70. The van der Waals surface area contributed by atoms with E-state index in [1.54, 1.807) is 0 Å². The zero-order chi connectivity index (χ0) is 21.5. The summed E-state index contributed by atoms with van der Waals surface area (Å²) in [6.45, 7) is 0. The van der Waals surface area contributed by atoms with E-state index in [1.807, 2.05) is 54.6 Å². The molecule has 0 saturated carbocycles. The first-order chi connectivity index (χ1) is 15.0. The Kier molecular flexibility index (Phi) is 4.22. The molecular formula is C24H14N2O5. The Bertz CT molecular complexity index is 1550. The molecule has 0 spiro atoms. The van der Waals surface area contributed by atoms with Gasteiger partial charge >= 0.3 is 5.63 Å². The summed E-state index contributed by atoms with van der Waals surface area (Å²) in [7, 11) is 0. The van der Waals surface area contributed by atoms with Gasteiger partial charge in [0.2, 0.25) is 0 Å². The van der Waals surface area contributed by atoms with Crippen molar-refractivity contribution in [1.29, 1.82) is 0 Å². The minimum absolute atomic E-state index is 0.00597. The fourth-order valence-electron chi connectivity index (χ4n) is 3.70. The lowest BCUT2D eigenvalue weighted by Crippen LogP contribution is -2.07. The number of nitro groups is 1. The van der Waals surface area contributed by atoms with Gasteiger partial charge < -0.3 is 9.52 Å². The normalized spacial score (nSPS) is 11.9. The van der Waals surface area contributed by atoms with E-state index in [9.17, 15) is 20.0 Å². The van der Waals surface area contributed by atoms with Crippen molar-refractivity contribution in [2.45, 2.75) is 0 Å². The van der Waals surface area contributed by atoms with Crippen LogP contribution >= 0.6 is 0 Å². The van der Waals surface area contributed by atoms with Crippen molar-refractivity contribution < 1.29 is 14.4 Å². The predicted molar refractivity (Wildman–Crippen MR) is 119 cm³/mol. The fraction of sp³-hybridized carbons (Fsp3) is 0. The summed E-state index contributed by atoms with van der Waals surface area (Å²) in [5, 5.41) is 25.5. The number of aliphatic hydroxyl groups is 1. The first-order valence-corrected chi connectivity index (χ1v) is 9.42. The van der Waals surface area contributed by atoms with Crippen LogP contribution in [0.25, 0.3) is 44.5 Å². The number of aliphatic hydroxyl groups excluding tert-OH is 1. The maximum Gasteiger partial charge on any atom is 0.362 e. The van der Waals surface area contributed by atoms with Crippen LogP contribution in [0.15, 0.2) is 82.0 Å². The maximum absolute atomic E-state index is 12.5. The number of non-ortho nitro benzene ring substituents is 1. The van der Waals surface area contributed by atoms with E-state index < -0.39 is 10.5 Å². The first kappa shape index (κ1) is 18.5. The third-order valence-corrected chi connectivity index (χ3v) is 5.11. The molecule has 150 valence electrons. The van der Waals surface area contributed by atoms with Gasteiger partial charge in [-0.25, -0.2) is 9.78 Å². The van der Waals surface area contributed by atoms with Crippen molar-refractivity contribution in [1.82, 2.24) is 4.98 Å². The molecular weight excluding hydrogens is 396 g/mol. The molecule has 0 atom stereocenters. The Labute approximate surface area is 174 Å². The van der Waals surface area contributed by atoms with E-state index in [-0.39, 0.29) is 28.2 Å². The number of nitro benzene ring substituents is 1. The van der Waals surface area contributed by atoms with Crippen molar-refractivity contribution in [3.05, 3.63) is 105 Å². The molecule has 5 aromatic rings. The minimum atomic E-state index is -0.802. The largest absolute Gasteiger partial charge is 0.507 e. The molecule has 1 aromatic heterocycles. The van der Waals surface area contributed by atoms with Crippen LogP contribution in [-0.4, -0.2) is 15.0 Å². The molecule has 1 heterocycles. The lowest BCUT2D eigenvalue weighted by molar-refractivity contribution is -0.384. The highest BCUT2D eigenvalue weighted by molar-refractivity contribution is 6.09. The Balaban J connectivity index is 1.73. The first-order valence-electron chi connectivity index (χ1n) is 9.42. The van der Waals surface area contributed by atoms with Crippen molar-refractivity contribution >= 4 is 50.2 Å². The molecule has 0 saturated heterocycles. The predicted octanol–water partition coefficient (Wildman–Crippen LogP) is 5.46. The molecule has 7 nitrogen and oxygen atoms in total. The summed E-state index contributed by atoms with van der Waals surface area (Å²) in [6, 6.07) is 21.2. The van der Waals surface area contributed by atoms with Crippen LogP contribution in [0.3, 0.4) is 0 Å². The molecule has 0 aliphatic rings. The quantitative estimate of drug-likeness (QED) is 0.183. The number of nitrogens with zero attached hydrogens (tertiary/aromatic N) is 2. The summed E-state index contributed by atoms with van der Waals surface area (Å²) in [5.41, 5.74) is -0.247. The average molecular weight is 410 g/mol. The third kappa shape index (κ3) is 3.18. The highest BCUT2D eigenvalue weighted by atomic mass is 16.6. The van der Waals surface area contributed by atoms with Crippen LogP contribution < -0.4 is 5.63 Å². The van der Waals surface area contributed by atoms with Gasteiger partial charge in [-0.05, 0) is 33.7 Å². The second kappa shape index (κ2) is 7.07. The summed E-state index contributed by atoms with van der Waals surface area (Å²) in [5.74, 6) is -0.130. The van der Waals surface area contributed by atoms with Gasteiger partial charge in [-0.2, -0.15) is 0 Å². The van der Waals surface area contributed by atoms with E-state index >= 15 is 0 Å². The molecule has 0 aliphatic carbocycles. The molecule has 0 radical (unpaired) electrons. The van der Waals surface area contributed by atoms with E-state index in [0.29, 0.717) is 5.56 Å². The topological polar surface area (TPSA) is 106 Å². The van der Waals surface area contributed by atoms with E-state index in [0.717, 1.165) is 27.6 Å². The molecule has 0 amide bonds. The maximum atomic E-state index is 12.5. The molecule has 1 N–H and O–H groups in total. The van der Waals surface area contributed by atoms with Gasteiger partial charge in [0.1, 0.15) is 11.3 Å². The van der Waals surface area contributed by atoms with Crippen molar-refractivity contribution in [2.24, 2.45) is 0 Å². The summed E-state index contributed by atoms with van der Waals surface area (Å²) < 4.78 is 5.22. The molecule has 4 aromatic carbocycles. The van der Waals surface area contributed by atoms with E-state index in [1.165, 1.54) is 18.2 Å². The van der Waals surface area contributed by atoms with Crippen LogP contribution in [-0.2, 0) is 0 Å². The van der Waals surface area contributed by atoms with Crippen molar-refractivity contribution in [3.63, 3.8) is 0 Å². The highest BCUT2D eigenvalue weighted by Crippen LogP contribution is 2.33. The van der Waals surface area contributed by atoms with Crippen LogP contribution in [0.2, 0.25) is 0 Å². The average Bonchev–Trinajstić information content (AvgIpc) is 2.77. The molecule has 0 bridgehead atoms. The number of rotatable bonds is 3. The minimum Gasteiger partial charge on any atom is -0.507 e. The van der Waals surface area contributed by atoms with Gasteiger partial charge in [0.05, 0.1) is 11.0 Å². The van der Waals surface area contributed by atoms with Crippen molar-refractivity contribution in [2.75, 3.05) is 0 Å². The number of aromatic nitrogens is 1. The van der Waals surface area contributed by atoms with Gasteiger partial charge in [0, 0.05) is 17.7 Å². The molecule has 0 aliphatic heterocycles. The van der Waals surface area contributed by atoms with Crippen LogP contribution in [0, 0.1) is 10.1 Å². The molecule has 0 fully saturated rings. The zero-order valence-electron chi connectivity index (χ0n) is 16.0. The molecule has 5 rings (SSSR count). The van der Waals surface area contributed by atoms with Crippen LogP contribution in [0.5, 0.6) is 0 Å². The van der Waals surface area contributed by atoms with E-state index in [2.05, 4.69) is 4.98 Å². The van der Waals surface area contributed by atoms with Crippen molar-refractivity contribution in [3.8, 4) is 0 Å². The standard InChI is InChI=1S/C24H14N2O5/c27-21(13-20-24(28)31-22-12-16(26(29)30)9-10-19(22)25-20)23-17-7-3-1-5-14(17)11-15-6-2-4-8-18(15)23/h1-13,27H/b21-13-. The van der Waals surface area contributed by atoms with Gasteiger partial charge in [0.15, 0.2) is 11.3 Å². The number of benzene rings is 4. The number of fused-ring (bicyclic) bond motifs is 3. The molecule has 7 heteroatoms. The second-order valence-electron chi connectivity index (χ2n) is 7.02. The third-order valence-electron chi connectivity index (χ3n) is 5.11. The monoisotopic (exact) mass is 410 g/mol. The molecule has 31 heavy (non-hydrogen) atoms. The van der Waals surface area contributed by atoms with Gasteiger partial charge in [0.25, 0.3) is 5.69 Å². The Morgan fingerprint density at radius 3 is 2.26 bits per heavy atom. The van der Waals surface area contributed by atoms with Gasteiger partial charge in [-0.1, -0.05) is 48.5 Å². The number of hydrogen-bond donors (Lipinski definition) is 1. The second-order valence-corrected chi connectivity index (χ2v) is 7.02. The summed E-state index contributed by atoms with van der Waals surface area (Å²) in [6.07, 6.45) is 1.26. The summed E-state index contributed by atoms with van der Waals surface area (Å²) in [4.78, 5) is 27.0. The van der Waals surface area contributed by atoms with Gasteiger partial charge in [-0.15, -0.1) is 0 Å². The van der Waals surface area contributed by atoms with Crippen LogP contribution in [0.4, 0.5) is 5.69 Å². The lowest BCUT2D eigenvalue weighted by atomic mass is 9.95. The lowest BCUT2D eigenvalue weighted by Gasteiger charge is -2.11. The highest BCUT2D eigenvalue weighted by Gasteiger charge is 2.15. The Morgan fingerprint density at radius 1 is 0.968 bits per heavy atom. The number of hydrogen-bond acceptors (Lipinski definition) is 6. The molecule has 0 unspecified atom stereocenters.